The van der Waals surface area contributed by atoms with Crippen LogP contribution in [0.4, 0.5) is 0 Å². The van der Waals surface area contributed by atoms with E-state index in [1.54, 1.807) is 0 Å². The first-order chi connectivity index (χ1) is 11.3. The maximum absolute atomic E-state index is 11.7. The summed E-state index contributed by atoms with van der Waals surface area (Å²) in [7, 11) is 0. The minimum Gasteiger partial charge on any atom is -0.316 e. The number of benzene rings is 2. The van der Waals surface area contributed by atoms with Crippen LogP contribution in [0.15, 0.2) is 60.7 Å². The second-order valence-electron chi connectivity index (χ2n) is 6.60. The third kappa shape index (κ3) is 4.08. The van der Waals surface area contributed by atoms with E-state index in [0.717, 1.165) is 45.2 Å². The Hall–Kier alpha value is -1.93. The average Bonchev–Trinajstić information content (AvgIpc) is 2.62. The number of ketones is 1. The number of rotatable bonds is 6. The first-order valence-electron chi connectivity index (χ1n) is 8.60. The van der Waals surface area contributed by atoms with Gasteiger partial charge in [0.2, 0.25) is 0 Å². The lowest BCUT2D eigenvalue weighted by molar-refractivity contribution is -0.121. The van der Waals surface area contributed by atoms with Crippen LogP contribution in [0, 0.1) is 0 Å². The van der Waals surface area contributed by atoms with Crippen LogP contribution in [0.1, 0.15) is 36.8 Å². The number of hydrogen-bond acceptors (Lipinski definition) is 2. The molecule has 2 nitrogen and oxygen atoms in total. The van der Waals surface area contributed by atoms with Gasteiger partial charge in [0.05, 0.1) is 0 Å². The monoisotopic (exact) mass is 307 g/mol. The van der Waals surface area contributed by atoms with E-state index in [1.807, 2.05) is 0 Å². The van der Waals surface area contributed by atoms with Crippen molar-refractivity contribution in [2.45, 2.75) is 37.5 Å². The quantitative estimate of drug-likeness (QED) is 0.820. The van der Waals surface area contributed by atoms with Gasteiger partial charge in [0.1, 0.15) is 5.78 Å². The summed E-state index contributed by atoms with van der Waals surface area (Å²) < 4.78 is 0. The highest BCUT2D eigenvalue weighted by Crippen LogP contribution is 2.37. The van der Waals surface area contributed by atoms with Crippen LogP contribution in [0.3, 0.4) is 0 Å². The molecule has 2 heteroatoms. The van der Waals surface area contributed by atoms with Crippen LogP contribution >= 0.6 is 0 Å². The summed E-state index contributed by atoms with van der Waals surface area (Å²) in [4.78, 5) is 11.7. The third-order valence-electron chi connectivity index (χ3n) is 5.05. The van der Waals surface area contributed by atoms with Gasteiger partial charge in [-0.05, 0) is 36.9 Å². The molecule has 23 heavy (non-hydrogen) atoms. The summed E-state index contributed by atoms with van der Waals surface area (Å²) in [5, 5.41) is 3.65. The normalized spacial score (nSPS) is 17.1. The number of nitrogens with one attached hydrogen (secondary N) is 1. The molecule has 0 spiro atoms. The van der Waals surface area contributed by atoms with Crippen molar-refractivity contribution in [1.29, 1.82) is 0 Å². The first-order valence-corrected chi connectivity index (χ1v) is 8.60. The summed E-state index contributed by atoms with van der Waals surface area (Å²) in [6.07, 6.45) is 4.41. The van der Waals surface area contributed by atoms with E-state index in [4.69, 9.17) is 0 Å². The summed E-state index contributed by atoms with van der Waals surface area (Å²) >= 11 is 0. The lowest BCUT2D eigenvalue weighted by atomic mass is 9.69. The van der Waals surface area contributed by atoms with Crippen molar-refractivity contribution in [3.05, 3.63) is 71.8 Å². The molecule has 3 rings (SSSR count). The van der Waals surface area contributed by atoms with Crippen molar-refractivity contribution in [2.24, 2.45) is 0 Å². The highest BCUT2D eigenvalue weighted by Gasteiger charge is 2.35. The predicted octanol–water partition coefficient (Wildman–Crippen LogP) is 3.90. The highest BCUT2D eigenvalue weighted by molar-refractivity contribution is 5.79. The summed E-state index contributed by atoms with van der Waals surface area (Å²) in [5.74, 6) is 0.417. The van der Waals surface area contributed by atoms with Gasteiger partial charge in [-0.15, -0.1) is 0 Å². The fourth-order valence-corrected chi connectivity index (χ4v) is 3.57. The Morgan fingerprint density at radius 2 is 1.48 bits per heavy atom. The zero-order valence-corrected chi connectivity index (χ0v) is 13.6. The minimum atomic E-state index is 0.117. The molecule has 2 aromatic rings. The van der Waals surface area contributed by atoms with E-state index in [2.05, 4.69) is 66.0 Å². The Morgan fingerprint density at radius 1 is 0.870 bits per heavy atom. The zero-order chi connectivity index (χ0) is 16.0. The second-order valence-corrected chi connectivity index (χ2v) is 6.60. The Bertz CT molecular complexity index is 611. The molecule has 0 bridgehead atoms. The Kier molecular flexibility index (Phi) is 5.24. The van der Waals surface area contributed by atoms with E-state index < -0.39 is 0 Å². The SMILES string of the molecule is O=C1CCC(CNCCc2ccccc2)(c2ccccc2)CC1. The summed E-state index contributed by atoms with van der Waals surface area (Å²) in [5.41, 5.74) is 2.86. The molecule has 0 unspecified atom stereocenters. The first kappa shape index (κ1) is 15.9. The maximum Gasteiger partial charge on any atom is 0.132 e. The molecule has 1 aliphatic carbocycles. The minimum absolute atomic E-state index is 0.117. The molecule has 0 amide bonds. The third-order valence-corrected chi connectivity index (χ3v) is 5.05. The van der Waals surface area contributed by atoms with Gasteiger partial charge in [-0.2, -0.15) is 0 Å². The van der Waals surface area contributed by atoms with Gasteiger partial charge < -0.3 is 5.32 Å². The van der Waals surface area contributed by atoms with E-state index >= 15 is 0 Å². The molecule has 0 aromatic heterocycles. The van der Waals surface area contributed by atoms with Crippen molar-refractivity contribution in [3.8, 4) is 0 Å². The molecular formula is C21H25NO. The van der Waals surface area contributed by atoms with E-state index in [-0.39, 0.29) is 5.41 Å². The molecule has 1 fully saturated rings. The number of carbonyl (C=O) groups excluding carboxylic acids is 1. The topological polar surface area (TPSA) is 29.1 Å². The second kappa shape index (κ2) is 7.56. The van der Waals surface area contributed by atoms with Gasteiger partial charge in [0.25, 0.3) is 0 Å². The van der Waals surface area contributed by atoms with Crippen molar-refractivity contribution >= 4 is 5.78 Å². The lowest BCUT2D eigenvalue weighted by Gasteiger charge is -2.37. The smallest absolute Gasteiger partial charge is 0.132 e. The largest absolute Gasteiger partial charge is 0.316 e. The van der Waals surface area contributed by atoms with Crippen LogP contribution in [0.2, 0.25) is 0 Å². The molecule has 2 aromatic carbocycles. The standard InChI is InChI=1S/C21H25NO/c23-20-11-14-21(15-12-20,19-9-5-2-6-10-19)17-22-16-13-18-7-3-1-4-8-18/h1-10,22H,11-17H2. The van der Waals surface area contributed by atoms with Crippen LogP contribution < -0.4 is 5.32 Å². The molecule has 1 aliphatic rings. The van der Waals surface area contributed by atoms with Crippen molar-refractivity contribution < 1.29 is 4.79 Å². The van der Waals surface area contributed by atoms with Gasteiger partial charge in [-0.1, -0.05) is 60.7 Å². The molecule has 1 saturated carbocycles. The van der Waals surface area contributed by atoms with E-state index in [1.165, 1.54) is 11.1 Å². The number of carbonyl (C=O) groups is 1. The lowest BCUT2D eigenvalue weighted by Crippen LogP contribution is -2.42. The molecule has 0 atom stereocenters. The predicted molar refractivity (Wildman–Crippen MR) is 94.6 cm³/mol. The van der Waals surface area contributed by atoms with Crippen LogP contribution in [-0.2, 0) is 16.6 Å². The average molecular weight is 307 g/mol. The van der Waals surface area contributed by atoms with Crippen LogP contribution in [0.25, 0.3) is 0 Å². The van der Waals surface area contributed by atoms with Crippen LogP contribution in [-0.4, -0.2) is 18.9 Å². The van der Waals surface area contributed by atoms with Gasteiger partial charge >= 0.3 is 0 Å². The van der Waals surface area contributed by atoms with Crippen molar-refractivity contribution in [2.75, 3.05) is 13.1 Å². The Balaban J connectivity index is 1.62. The van der Waals surface area contributed by atoms with Gasteiger partial charge in [-0.25, -0.2) is 0 Å². The van der Waals surface area contributed by atoms with Gasteiger partial charge in [0.15, 0.2) is 0 Å². The molecule has 0 aliphatic heterocycles. The van der Waals surface area contributed by atoms with E-state index in [0.29, 0.717) is 5.78 Å². The molecular weight excluding hydrogens is 282 g/mol. The van der Waals surface area contributed by atoms with Crippen molar-refractivity contribution in [1.82, 2.24) is 5.32 Å². The Morgan fingerprint density at radius 3 is 2.13 bits per heavy atom. The molecule has 1 N–H and O–H groups in total. The van der Waals surface area contributed by atoms with Crippen LogP contribution in [0.5, 0.6) is 0 Å². The molecule has 120 valence electrons. The summed E-state index contributed by atoms with van der Waals surface area (Å²) in [6.45, 7) is 1.93. The van der Waals surface area contributed by atoms with E-state index in [9.17, 15) is 4.79 Å². The summed E-state index contributed by atoms with van der Waals surface area (Å²) in [6, 6.07) is 21.3. The number of Topliss-reactive ketones (excluding diaryl/α,β-unsaturated/α-hetero) is 1. The molecule has 0 heterocycles. The molecule has 0 saturated heterocycles. The molecule has 0 radical (unpaired) electrons. The number of hydrogen-bond donors (Lipinski definition) is 1. The fraction of sp³-hybridized carbons (Fsp3) is 0.381. The van der Waals surface area contributed by atoms with Gasteiger partial charge in [0, 0.05) is 24.8 Å². The fourth-order valence-electron chi connectivity index (χ4n) is 3.57. The maximum atomic E-state index is 11.7. The highest BCUT2D eigenvalue weighted by atomic mass is 16.1. The van der Waals surface area contributed by atoms with Gasteiger partial charge in [-0.3, -0.25) is 4.79 Å². The Labute approximate surface area is 138 Å². The van der Waals surface area contributed by atoms with Crippen molar-refractivity contribution in [3.63, 3.8) is 0 Å². The zero-order valence-electron chi connectivity index (χ0n) is 13.6.